The molecule has 172 valence electrons. The molecule has 1 aliphatic rings. The standard InChI is InChI=1S/C24H26N4O5/c1-32-20-12-10-19(11-13-20)26-24-28-27-23(33-24)22(31)25-18-8-6-17(7-9-18)16-4-2-15(3-5-16)14-21(29)30/h6-13,15-16H,2-5,14H2,1H3,(H,25,31)(H,26,28)(H,29,30)/t15-,16-. The van der Waals surface area contributed by atoms with Gasteiger partial charge in [0.2, 0.25) is 0 Å². The van der Waals surface area contributed by atoms with Crippen LogP contribution in [0.4, 0.5) is 17.4 Å². The normalized spacial score (nSPS) is 17.8. The zero-order chi connectivity index (χ0) is 23.2. The fraction of sp³-hybridized carbons (Fsp3) is 0.333. The van der Waals surface area contributed by atoms with Gasteiger partial charge in [-0.2, -0.15) is 0 Å². The molecule has 0 radical (unpaired) electrons. The molecule has 1 saturated carbocycles. The molecule has 0 unspecified atom stereocenters. The summed E-state index contributed by atoms with van der Waals surface area (Å²) >= 11 is 0. The van der Waals surface area contributed by atoms with Crippen molar-refractivity contribution in [2.75, 3.05) is 17.7 Å². The van der Waals surface area contributed by atoms with Crippen molar-refractivity contribution in [1.82, 2.24) is 10.2 Å². The maximum atomic E-state index is 12.5. The minimum atomic E-state index is -0.719. The molecule has 1 amide bonds. The molecule has 33 heavy (non-hydrogen) atoms. The Morgan fingerprint density at radius 3 is 2.30 bits per heavy atom. The third-order valence-electron chi connectivity index (χ3n) is 5.91. The lowest BCUT2D eigenvalue weighted by molar-refractivity contribution is -0.138. The number of carboxylic acid groups (broad SMARTS) is 1. The Bertz CT molecular complexity index is 1090. The number of amides is 1. The summed E-state index contributed by atoms with van der Waals surface area (Å²) in [5, 5.41) is 22.3. The Morgan fingerprint density at radius 2 is 1.67 bits per heavy atom. The number of nitrogens with one attached hydrogen (secondary N) is 2. The zero-order valence-electron chi connectivity index (χ0n) is 18.3. The number of carbonyl (C=O) groups excluding carboxylic acids is 1. The highest BCUT2D eigenvalue weighted by atomic mass is 16.5. The minimum absolute atomic E-state index is 0.110. The smallest absolute Gasteiger partial charge is 0.320 e. The number of carboxylic acids is 1. The number of aliphatic carboxylic acids is 1. The molecule has 1 heterocycles. The fourth-order valence-corrected chi connectivity index (χ4v) is 4.13. The minimum Gasteiger partial charge on any atom is -0.497 e. The van der Waals surface area contributed by atoms with Crippen LogP contribution in [0.15, 0.2) is 52.9 Å². The van der Waals surface area contributed by atoms with Gasteiger partial charge in [0.1, 0.15) is 5.75 Å². The van der Waals surface area contributed by atoms with Gasteiger partial charge in [-0.05, 0) is 79.5 Å². The van der Waals surface area contributed by atoms with Gasteiger partial charge >= 0.3 is 23.8 Å². The van der Waals surface area contributed by atoms with E-state index in [2.05, 4.69) is 20.8 Å². The summed E-state index contributed by atoms with van der Waals surface area (Å²) in [6.45, 7) is 0. The van der Waals surface area contributed by atoms with E-state index >= 15 is 0 Å². The van der Waals surface area contributed by atoms with Crippen molar-refractivity contribution in [1.29, 1.82) is 0 Å². The van der Waals surface area contributed by atoms with Gasteiger partial charge in [0, 0.05) is 17.8 Å². The molecule has 0 aliphatic heterocycles. The Morgan fingerprint density at radius 1 is 1.00 bits per heavy atom. The summed E-state index contributed by atoms with van der Waals surface area (Å²) in [7, 11) is 1.59. The van der Waals surface area contributed by atoms with Gasteiger partial charge in [0.15, 0.2) is 0 Å². The molecule has 2 aromatic carbocycles. The molecule has 1 aromatic heterocycles. The van der Waals surface area contributed by atoms with Crippen LogP contribution in [-0.2, 0) is 4.79 Å². The van der Waals surface area contributed by atoms with Crippen LogP contribution in [0.5, 0.6) is 5.75 Å². The predicted octanol–water partition coefficient (Wildman–Crippen LogP) is 4.82. The molecule has 0 bridgehead atoms. The Kier molecular flexibility index (Phi) is 6.87. The average molecular weight is 450 g/mol. The number of hydrogen-bond donors (Lipinski definition) is 3. The summed E-state index contributed by atoms with van der Waals surface area (Å²) in [6.07, 6.45) is 4.08. The highest BCUT2D eigenvalue weighted by Crippen LogP contribution is 2.37. The van der Waals surface area contributed by atoms with Crippen LogP contribution in [-0.4, -0.2) is 34.3 Å². The second-order valence-electron chi connectivity index (χ2n) is 8.16. The number of rotatable bonds is 8. The SMILES string of the molecule is COc1ccc(Nc2nnc(C(=O)Nc3ccc([C@H]4CC[C@H](CC(=O)O)CC4)cc3)o2)cc1. The summed E-state index contributed by atoms with van der Waals surface area (Å²) in [4.78, 5) is 23.4. The summed E-state index contributed by atoms with van der Waals surface area (Å²) < 4.78 is 10.5. The van der Waals surface area contributed by atoms with Gasteiger partial charge in [-0.15, -0.1) is 5.10 Å². The lowest BCUT2D eigenvalue weighted by Crippen LogP contribution is -2.16. The average Bonchev–Trinajstić information content (AvgIpc) is 3.29. The number of hydrogen-bond acceptors (Lipinski definition) is 7. The number of ether oxygens (including phenoxy) is 1. The third-order valence-corrected chi connectivity index (χ3v) is 5.91. The van der Waals surface area contributed by atoms with Crippen molar-refractivity contribution >= 4 is 29.3 Å². The number of carbonyl (C=O) groups is 2. The molecule has 3 N–H and O–H groups in total. The zero-order valence-corrected chi connectivity index (χ0v) is 18.3. The molecule has 1 aliphatic carbocycles. The van der Waals surface area contributed by atoms with Crippen LogP contribution in [0.3, 0.4) is 0 Å². The van der Waals surface area contributed by atoms with E-state index in [4.69, 9.17) is 14.3 Å². The number of anilines is 3. The van der Waals surface area contributed by atoms with Gasteiger partial charge in [0.05, 0.1) is 7.11 Å². The summed E-state index contributed by atoms with van der Waals surface area (Å²) in [5.41, 5.74) is 2.55. The maximum absolute atomic E-state index is 12.5. The van der Waals surface area contributed by atoms with Crippen molar-refractivity contribution < 1.29 is 23.8 Å². The molecule has 0 spiro atoms. The van der Waals surface area contributed by atoms with Gasteiger partial charge in [0.25, 0.3) is 0 Å². The van der Waals surface area contributed by atoms with Gasteiger partial charge < -0.3 is 24.9 Å². The highest BCUT2D eigenvalue weighted by Gasteiger charge is 2.24. The van der Waals surface area contributed by atoms with E-state index in [1.807, 2.05) is 24.3 Å². The van der Waals surface area contributed by atoms with Gasteiger partial charge in [-0.3, -0.25) is 9.59 Å². The van der Waals surface area contributed by atoms with Gasteiger partial charge in [-0.25, -0.2) is 0 Å². The van der Waals surface area contributed by atoms with Crippen LogP contribution >= 0.6 is 0 Å². The molecule has 9 heteroatoms. The first-order valence-electron chi connectivity index (χ1n) is 10.9. The quantitative estimate of drug-likeness (QED) is 0.446. The maximum Gasteiger partial charge on any atom is 0.320 e. The van der Waals surface area contributed by atoms with E-state index in [-0.39, 0.29) is 24.2 Å². The topological polar surface area (TPSA) is 127 Å². The van der Waals surface area contributed by atoms with Gasteiger partial charge in [-0.1, -0.05) is 17.2 Å². The van der Waals surface area contributed by atoms with Crippen LogP contribution in [0.1, 0.15) is 54.3 Å². The van der Waals surface area contributed by atoms with E-state index in [9.17, 15) is 9.59 Å². The molecular weight excluding hydrogens is 424 g/mol. The van der Waals surface area contributed by atoms with E-state index in [1.54, 1.807) is 31.4 Å². The van der Waals surface area contributed by atoms with Crippen LogP contribution in [0.2, 0.25) is 0 Å². The van der Waals surface area contributed by atoms with E-state index < -0.39 is 11.9 Å². The summed E-state index contributed by atoms with van der Waals surface area (Å²) in [5.74, 6) is 0.0589. The number of benzene rings is 2. The molecule has 0 atom stereocenters. The monoisotopic (exact) mass is 450 g/mol. The number of aromatic nitrogens is 2. The van der Waals surface area contributed by atoms with Crippen molar-refractivity contribution in [2.45, 2.75) is 38.0 Å². The third kappa shape index (κ3) is 5.88. The molecule has 1 fully saturated rings. The second-order valence-corrected chi connectivity index (χ2v) is 8.16. The Labute approximate surface area is 191 Å². The largest absolute Gasteiger partial charge is 0.497 e. The Balaban J connectivity index is 1.30. The van der Waals surface area contributed by atoms with Crippen molar-refractivity contribution in [2.24, 2.45) is 5.92 Å². The first-order chi connectivity index (χ1) is 16.0. The van der Waals surface area contributed by atoms with Crippen molar-refractivity contribution in [3.05, 3.63) is 60.0 Å². The van der Waals surface area contributed by atoms with E-state index in [1.165, 1.54) is 5.56 Å². The van der Waals surface area contributed by atoms with Crippen LogP contribution < -0.4 is 15.4 Å². The van der Waals surface area contributed by atoms with E-state index in [0.717, 1.165) is 37.1 Å². The number of methoxy groups -OCH3 is 1. The highest BCUT2D eigenvalue weighted by molar-refractivity contribution is 6.00. The summed E-state index contributed by atoms with van der Waals surface area (Å²) in [6, 6.07) is 15.0. The lowest BCUT2D eigenvalue weighted by Gasteiger charge is -2.28. The molecule has 9 nitrogen and oxygen atoms in total. The molecule has 3 aromatic rings. The predicted molar refractivity (Wildman–Crippen MR) is 122 cm³/mol. The molecule has 4 rings (SSSR count). The molecular formula is C24H26N4O5. The lowest BCUT2D eigenvalue weighted by atomic mass is 9.77. The van der Waals surface area contributed by atoms with Crippen LogP contribution in [0, 0.1) is 5.92 Å². The molecule has 0 saturated heterocycles. The first kappa shape index (κ1) is 22.3. The first-order valence-corrected chi connectivity index (χ1v) is 10.9. The second kappa shape index (κ2) is 10.2. The van der Waals surface area contributed by atoms with E-state index in [0.29, 0.717) is 11.6 Å². The van der Waals surface area contributed by atoms with Crippen molar-refractivity contribution in [3.8, 4) is 5.75 Å². The van der Waals surface area contributed by atoms with Crippen molar-refractivity contribution in [3.63, 3.8) is 0 Å². The number of nitrogens with zero attached hydrogens (tertiary/aromatic N) is 2. The fourth-order valence-electron chi connectivity index (χ4n) is 4.13. The van der Waals surface area contributed by atoms with Crippen LogP contribution in [0.25, 0.3) is 0 Å². The Hall–Kier alpha value is -3.88.